The van der Waals surface area contributed by atoms with Gasteiger partial charge in [-0.05, 0) is 42.3 Å². The number of nitrogens with zero attached hydrogens (tertiary/aromatic N) is 6. The molecule has 2 fully saturated rings. The molecule has 3 atom stereocenters. The van der Waals surface area contributed by atoms with E-state index in [2.05, 4.69) is 41.8 Å². The maximum atomic E-state index is 6.04. The predicted octanol–water partition coefficient (Wildman–Crippen LogP) is 3.41. The van der Waals surface area contributed by atoms with Gasteiger partial charge in [0.25, 0.3) is 0 Å². The van der Waals surface area contributed by atoms with Gasteiger partial charge in [0.2, 0.25) is 5.28 Å². The summed E-state index contributed by atoms with van der Waals surface area (Å²) in [6.07, 6.45) is 5.82. The number of fused-ring (bicyclic) bond motifs is 2. The van der Waals surface area contributed by atoms with Gasteiger partial charge in [0.1, 0.15) is 28.8 Å². The molecule has 3 aromatic rings. The summed E-state index contributed by atoms with van der Waals surface area (Å²) in [7, 11) is 2.14. The van der Waals surface area contributed by atoms with Crippen molar-refractivity contribution >= 4 is 45.9 Å². The number of H-pyrrole nitrogens is 1. The summed E-state index contributed by atoms with van der Waals surface area (Å²) in [5.74, 6) is 3.09. The van der Waals surface area contributed by atoms with Gasteiger partial charge in [0, 0.05) is 38.4 Å². The molecule has 1 N–H and O–H groups in total. The van der Waals surface area contributed by atoms with Crippen LogP contribution in [0.3, 0.4) is 0 Å². The Bertz CT molecular complexity index is 957. The van der Waals surface area contributed by atoms with Crippen LogP contribution in [0.15, 0.2) is 24.7 Å². The molecule has 0 aromatic carbocycles. The summed E-state index contributed by atoms with van der Waals surface area (Å²) in [4.78, 5) is 24.9. The van der Waals surface area contributed by atoms with Gasteiger partial charge in [0.05, 0.1) is 5.39 Å². The SMILES string of the molecule is CN(c1ncnc2[nH]ccc12)[C@H]1C[C@@H]2CN(c3cc(Cl)nc(Cl)n3)C[C@@H]2C1. The highest BCUT2D eigenvalue weighted by molar-refractivity contribution is 6.32. The fourth-order valence-corrected chi connectivity index (χ4v) is 5.02. The largest absolute Gasteiger partial charge is 0.356 e. The average Bonchev–Trinajstić information content (AvgIpc) is 3.33. The first kappa shape index (κ1) is 17.0. The van der Waals surface area contributed by atoms with Gasteiger partial charge >= 0.3 is 0 Å². The van der Waals surface area contributed by atoms with Crippen molar-refractivity contribution < 1.29 is 0 Å². The van der Waals surface area contributed by atoms with Crippen molar-refractivity contribution in [2.75, 3.05) is 29.9 Å². The Labute approximate surface area is 166 Å². The molecular formula is C18H19Cl2N7. The van der Waals surface area contributed by atoms with E-state index in [9.17, 15) is 0 Å². The van der Waals surface area contributed by atoms with E-state index in [1.807, 2.05) is 12.3 Å². The Morgan fingerprint density at radius 2 is 1.93 bits per heavy atom. The molecule has 27 heavy (non-hydrogen) atoms. The Balaban J connectivity index is 1.31. The van der Waals surface area contributed by atoms with Crippen molar-refractivity contribution in [2.45, 2.75) is 18.9 Å². The fourth-order valence-electron chi connectivity index (χ4n) is 4.62. The summed E-state index contributed by atoms with van der Waals surface area (Å²) < 4.78 is 0. The standard InChI is InChI=1S/C18H19Cl2N7/c1-26(17-13-2-3-21-16(13)22-9-23-17)12-4-10-7-27(8-11(10)5-12)15-6-14(19)24-18(20)25-15/h2-3,6,9-12H,4-5,7-8H2,1H3,(H,21,22,23)/t10-,11+,12+. The maximum Gasteiger partial charge on any atom is 0.225 e. The van der Waals surface area contributed by atoms with Gasteiger partial charge in [0.15, 0.2) is 0 Å². The molecule has 1 aliphatic carbocycles. The van der Waals surface area contributed by atoms with Crippen LogP contribution in [0.25, 0.3) is 11.0 Å². The van der Waals surface area contributed by atoms with Crippen molar-refractivity contribution in [3.8, 4) is 0 Å². The van der Waals surface area contributed by atoms with Crippen LogP contribution >= 0.6 is 23.2 Å². The number of nitrogens with one attached hydrogen (secondary N) is 1. The molecule has 3 aromatic heterocycles. The van der Waals surface area contributed by atoms with E-state index in [1.165, 1.54) is 0 Å². The van der Waals surface area contributed by atoms with Gasteiger partial charge in [-0.1, -0.05) is 11.6 Å². The Morgan fingerprint density at radius 1 is 1.15 bits per heavy atom. The van der Waals surface area contributed by atoms with Crippen molar-refractivity contribution in [2.24, 2.45) is 11.8 Å². The van der Waals surface area contributed by atoms with Gasteiger partial charge in [-0.2, -0.15) is 0 Å². The molecule has 5 rings (SSSR count). The van der Waals surface area contributed by atoms with Crippen molar-refractivity contribution in [3.05, 3.63) is 35.1 Å². The van der Waals surface area contributed by atoms with Crippen molar-refractivity contribution in [3.63, 3.8) is 0 Å². The lowest BCUT2D eigenvalue weighted by Crippen LogP contribution is -2.33. The fraction of sp³-hybridized carbons (Fsp3) is 0.444. The normalized spacial score (nSPS) is 24.6. The number of halogens is 2. The molecule has 0 amide bonds. The highest BCUT2D eigenvalue weighted by Gasteiger charge is 2.43. The van der Waals surface area contributed by atoms with E-state index >= 15 is 0 Å². The van der Waals surface area contributed by atoms with Crippen LogP contribution < -0.4 is 9.80 Å². The van der Waals surface area contributed by atoms with Crippen LogP contribution in [-0.2, 0) is 0 Å². The van der Waals surface area contributed by atoms with E-state index in [-0.39, 0.29) is 5.28 Å². The van der Waals surface area contributed by atoms with E-state index in [1.54, 1.807) is 12.4 Å². The van der Waals surface area contributed by atoms with Crippen LogP contribution in [0.4, 0.5) is 11.6 Å². The molecule has 0 unspecified atom stereocenters. The number of anilines is 2. The summed E-state index contributed by atoms with van der Waals surface area (Å²) >= 11 is 12.0. The molecule has 1 aliphatic heterocycles. The summed E-state index contributed by atoms with van der Waals surface area (Å²) in [5, 5.41) is 1.66. The average molecular weight is 404 g/mol. The first-order chi connectivity index (χ1) is 13.1. The highest BCUT2D eigenvalue weighted by atomic mass is 35.5. The third-order valence-electron chi connectivity index (χ3n) is 5.92. The summed E-state index contributed by atoms with van der Waals surface area (Å²) in [6.45, 7) is 1.95. The van der Waals surface area contributed by atoms with E-state index in [0.717, 1.165) is 48.6 Å². The third kappa shape index (κ3) is 2.99. The molecule has 0 radical (unpaired) electrons. The molecule has 0 bridgehead atoms. The molecular weight excluding hydrogens is 385 g/mol. The first-order valence-electron chi connectivity index (χ1n) is 9.04. The second kappa shape index (κ2) is 6.49. The van der Waals surface area contributed by atoms with Crippen LogP contribution in [0, 0.1) is 11.8 Å². The zero-order valence-corrected chi connectivity index (χ0v) is 16.3. The summed E-state index contributed by atoms with van der Waals surface area (Å²) in [5.41, 5.74) is 0.883. The topological polar surface area (TPSA) is 73.8 Å². The molecule has 140 valence electrons. The Morgan fingerprint density at radius 3 is 2.67 bits per heavy atom. The molecule has 0 spiro atoms. The summed E-state index contributed by atoms with van der Waals surface area (Å²) in [6, 6.07) is 4.32. The lowest BCUT2D eigenvalue weighted by molar-refractivity contribution is 0.494. The Hall–Kier alpha value is -2.12. The molecule has 7 nitrogen and oxygen atoms in total. The smallest absolute Gasteiger partial charge is 0.225 e. The quantitative estimate of drug-likeness (QED) is 0.533. The molecule has 2 aliphatic rings. The molecule has 1 saturated heterocycles. The zero-order chi connectivity index (χ0) is 18.5. The lowest BCUT2D eigenvalue weighted by Gasteiger charge is -2.28. The number of aromatic nitrogens is 5. The predicted molar refractivity (Wildman–Crippen MR) is 107 cm³/mol. The minimum absolute atomic E-state index is 0.200. The van der Waals surface area contributed by atoms with E-state index in [0.29, 0.717) is 23.0 Å². The van der Waals surface area contributed by atoms with Crippen LogP contribution in [-0.4, -0.2) is 51.1 Å². The lowest BCUT2D eigenvalue weighted by atomic mass is 10.0. The molecule has 9 heteroatoms. The van der Waals surface area contributed by atoms with Gasteiger partial charge < -0.3 is 14.8 Å². The molecule has 4 heterocycles. The van der Waals surface area contributed by atoms with Gasteiger partial charge in [-0.15, -0.1) is 0 Å². The molecule has 1 saturated carbocycles. The number of hydrogen-bond acceptors (Lipinski definition) is 6. The minimum Gasteiger partial charge on any atom is -0.356 e. The second-order valence-corrected chi connectivity index (χ2v) is 8.14. The third-order valence-corrected chi connectivity index (χ3v) is 6.28. The second-order valence-electron chi connectivity index (χ2n) is 7.42. The van der Waals surface area contributed by atoms with Crippen LogP contribution in [0.2, 0.25) is 10.4 Å². The monoisotopic (exact) mass is 403 g/mol. The first-order valence-corrected chi connectivity index (χ1v) is 9.80. The zero-order valence-electron chi connectivity index (χ0n) is 14.8. The van der Waals surface area contributed by atoms with Gasteiger partial charge in [-0.25, -0.2) is 19.9 Å². The van der Waals surface area contributed by atoms with Gasteiger partial charge in [-0.3, -0.25) is 0 Å². The highest BCUT2D eigenvalue weighted by Crippen LogP contribution is 2.42. The van der Waals surface area contributed by atoms with Crippen LogP contribution in [0.1, 0.15) is 12.8 Å². The number of hydrogen-bond donors (Lipinski definition) is 1. The van der Waals surface area contributed by atoms with Crippen molar-refractivity contribution in [1.82, 2.24) is 24.9 Å². The maximum absolute atomic E-state index is 6.04. The number of rotatable bonds is 3. The number of aromatic amines is 1. The minimum atomic E-state index is 0.200. The van der Waals surface area contributed by atoms with Crippen molar-refractivity contribution in [1.29, 1.82) is 0 Å². The van der Waals surface area contributed by atoms with Crippen LogP contribution in [0.5, 0.6) is 0 Å². The van der Waals surface area contributed by atoms with E-state index < -0.39 is 0 Å². The Kier molecular flexibility index (Phi) is 4.09. The van der Waals surface area contributed by atoms with E-state index in [4.69, 9.17) is 23.2 Å².